The first-order valence-electron chi connectivity index (χ1n) is 6.12. The largest absolute Gasteiger partial charge is 0.271 e. The van der Waals surface area contributed by atoms with Crippen molar-refractivity contribution in [3.8, 4) is 0 Å². The van der Waals surface area contributed by atoms with Gasteiger partial charge in [-0.3, -0.25) is 11.3 Å². The van der Waals surface area contributed by atoms with Gasteiger partial charge < -0.3 is 0 Å². The summed E-state index contributed by atoms with van der Waals surface area (Å²) in [4.78, 5) is 2.78. The molecule has 3 N–H and O–H groups in total. The van der Waals surface area contributed by atoms with Crippen molar-refractivity contribution in [2.45, 2.75) is 25.8 Å². The third kappa shape index (κ3) is 4.13. The van der Waals surface area contributed by atoms with Crippen molar-refractivity contribution in [3.05, 3.63) is 54.6 Å². The Kier molecular flexibility index (Phi) is 5.59. The fraction of sp³-hybridized carbons (Fsp3) is 0.286. The van der Waals surface area contributed by atoms with Gasteiger partial charge in [-0.05, 0) is 42.3 Å². The summed E-state index contributed by atoms with van der Waals surface area (Å²) in [6.07, 6.45) is 2.00. The number of thiophene rings is 1. The van der Waals surface area contributed by atoms with Gasteiger partial charge in [0.2, 0.25) is 0 Å². The molecule has 1 heterocycles. The van der Waals surface area contributed by atoms with E-state index in [1.165, 1.54) is 15.3 Å². The second-order valence-corrected chi connectivity index (χ2v) is 7.43. The van der Waals surface area contributed by atoms with Crippen LogP contribution in [0, 0.1) is 0 Å². The predicted octanol–water partition coefficient (Wildman–Crippen LogP) is 4.58. The third-order valence-corrected chi connectivity index (χ3v) is 5.13. The monoisotopic (exact) mass is 402 g/mol. The summed E-state index contributed by atoms with van der Waals surface area (Å²) in [6.45, 7) is 2.18. The third-order valence-electron chi connectivity index (χ3n) is 2.96. The molecule has 0 spiro atoms. The number of benzene rings is 1. The quantitative estimate of drug-likeness (QED) is 0.566. The van der Waals surface area contributed by atoms with Crippen LogP contribution in [0.4, 0.5) is 0 Å². The molecule has 1 unspecified atom stereocenters. The zero-order valence-electron chi connectivity index (χ0n) is 10.6. The standard InChI is InChI=1S/C14H16Br2N2S/c1-2-12-3-4-13(19-12)8-14(18-17)9-5-10(15)7-11(16)6-9/h3-7,14,18H,2,8,17H2,1H3. The average molecular weight is 404 g/mol. The number of nitrogens with one attached hydrogen (secondary N) is 1. The van der Waals surface area contributed by atoms with Gasteiger partial charge in [-0.25, -0.2) is 0 Å². The zero-order valence-corrected chi connectivity index (χ0v) is 14.6. The van der Waals surface area contributed by atoms with Gasteiger partial charge in [0, 0.05) is 25.1 Å². The number of nitrogens with two attached hydrogens (primary N) is 1. The van der Waals surface area contributed by atoms with E-state index < -0.39 is 0 Å². The molecule has 0 aliphatic heterocycles. The van der Waals surface area contributed by atoms with Crippen molar-refractivity contribution >= 4 is 43.2 Å². The SMILES string of the molecule is CCc1ccc(CC(NN)c2cc(Br)cc(Br)c2)s1. The van der Waals surface area contributed by atoms with Crippen LogP contribution in [0.5, 0.6) is 0 Å². The molecule has 102 valence electrons. The fourth-order valence-corrected chi connectivity index (χ4v) is 4.30. The van der Waals surface area contributed by atoms with Crippen LogP contribution in [-0.2, 0) is 12.8 Å². The Hall–Kier alpha value is -0.200. The Morgan fingerprint density at radius 3 is 2.32 bits per heavy atom. The van der Waals surface area contributed by atoms with Gasteiger partial charge in [0.1, 0.15) is 0 Å². The summed E-state index contributed by atoms with van der Waals surface area (Å²) >= 11 is 8.89. The van der Waals surface area contributed by atoms with E-state index in [2.05, 4.69) is 68.5 Å². The van der Waals surface area contributed by atoms with Crippen LogP contribution >= 0.6 is 43.2 Å². The Morgan fingerprint density at radius 2 is 1.79 bits per heavy atom. The molecule has 19 heavy (non-hydrogen) atoms. The van der Waals surface area contributed by atoms with E-state index >= 15 is 0 Å². The number of aryl methyl sites for hydroxylation is 1. The predicted molar refractivity (Wildman–Crippen MR) is 89.3 cm³/mol. The summed E-state index contributed by atoms with van der Waals surface area (Å²) in [5, 5.41) is 0. The first-order valence-corrected chi connectivity index (χ1v) is 8.52. The Labute approximate surface area is 134 Å². The molecule has 0 bridgehead atoms. The molecule has 0 saturated heterocycles. The van der Waals surface area contributed by atoms with Crippen molar-refractivity contribution in [2.24, 2.45) is 5.84 Å². The van der Waals surface area contributed by atoms with Gasteiger partial charge in [-0.1, -0.05) is 38.8 Å². The van der Waals surface area contributed by atoms with E-state index in [1.54, 1.807) is 0 Å². The van der Waals surface area contributed by atoms with E-state index in [1.807, 2.05) is 17.4 Å². The topological polar surface area (TPSA) is 38.0 Å². The van der Waals surface area contributed by atoms with E-state index in [-0.39, 0.29) is 6.04 Å². The fourth-order valence-electron chi connectivity index (χ4n) is 1.97. The van der Waals surface area contributed by atoms with E-state index in [0.717, 1.165) is 21.8 Å². The molecule has 0 fully saturated rings. The maximum absolute atomic E-state index is 5.72. The van der Waals surface area contributed by atoms with Gasteiger partial charge in [0.25, 0.3) is 0 Å². The van der Waals surface area contributed by atoms with Gasteiger partial charge in [0.05, 0.1) is 6.04 Å². The number of rotatable bonds is 5. The van der Waals surface area contributed by atoms with Crippen molar-refractivity contribution < 1.29 is 0 Å². The first kappa shape index (κ1) is 15.2. The number of hydrogen-bond acceptors (Lipinski definition) is 3. The van der Waals surface area contributed by atoms with Crippen LogP contribution in [0.3, 0.4) is 0 Å². The van der Waals surface area contributed by atoms with Gasteiger partial charge in [-0.15, -0.1) is 11.3 Å². The highest BCUT2D eigenvalue weighted by molar-refractivity contribution is 9.11. The Balaban J connectivity index is 2.19. The average Bonchev–Trinajstić information content (AvgIpc) is 2.82. The highest BCUT2D eigenvalue weighted by Gasteiger charge is 2.13. The van der Waals surface area contributed by atoms with Crippen LogP contribution < -0.4 is 11.3 Å². The summed E-state index contributed by atoms with van der Waals surface area (Å²) in [5.41, 5.74) is 4.09. The molecule has 0 amide bonds. The highest BCUT2D eigenvalue weighted by atomic mass is 79.9. The number of hydrogen-bond donors (Lipinski definition) is 2. The second kappa shape index (κ2) is 6.99. The molecule has 0 saturated carbocycles. The number of hydrazine groups is 1. The van der Waals surface area contributed by atoms with Crippen molar-refractivity contribution in [2.75, 3.05) is 0 Å². The van der Waals surface area contributed by atoms with Crippen LogP contribution in [0.2, 0.25) is 0 Å². The van der Waals surface area contributed by atoms with Gasteiger partial charge in [0.15, 0.2) is 0 Å². The smallest absolute Gasteiger partial charge is 0.0508 e. The van der Waals surface area contributed by atoms with E-state index in [9.17, 15) is 0 Å². The molecule has 0 aliphatic carbocycles. The summed E-state index contributed by atoms with van der Waals surface area (Å²) in [5.74, 6) is 5.72. The second-order valence-electron chi connectivity index (χ2n) is 4.35. The molecule has 1 aromatic carbocycles. The maximum atomic E-state index is 5.72. The van der Waals surface area contributed by atoms with Crippen molar-refractivity contribution in [1.29, 1.82) is 0 Å². The summed E-state index contributed by atoms with van der Waals surface area (Å²) in [7, 11) is 0. The lowest BCUT2D eigenvalue weighted by molar-refractivity contribution is 0.555. The van der Waals surface area contributed by atoms with Crippen molar-refractivity contribution in [1.82, 2.24) is 5.43 Å². The van der Waals surface area contributed by atoms with Gasteiger partial charge >= 0.3 is 0 Å². The molecule has 2 aromatic rings. The minimum absolute atomic E-state index is 0.122. The molecule has 2 rings (SSSR count). The molecular formula is C14H16Br2N2S. The lowest BCUT2D eigenvalue weighted by atomic mass is 10.0. The van der Waals surface area contributed by atoms with Gasteiger partial charge in [-0.2, -0.15) is 0 Å². The molecule has 1 atom stereocenters. The van der Waals surface area contributed by atoms with Crippen LogP contribution in [0.25, 0.3) is 0 Å². The number of halogens is 2. The molecule has 2 nitrogen and oxygen atoms in total. The van der Waals surface area contributed by atoms with Crippen LogP contribution in [0.1, 0.15) is 28.3 Å². The zero-order chi connectivity index (χ0) is 13.8. The first-order chi connectivity index (χ1) is 9.12. The maximum Gasteiger partial charge on any atom is 0.0508 e. The van der Waals surface area contributed by atoms with E-state index in [4.69, 9.17) is 5.84 Å². The highest BCUT2D eigenvalue weighted by Crippen LogP contribution is 2.28. The summed E-state index contributed by atoms with van der Waals surface area (Å²) in [6, 6.07) is 10.7. The van der Waals surface area contributed by atoms with Crippen molar-refractivity contribution in [3.63, 3.8) is 0 Å². The molecular weight excluding hydrogens is 388 g/mol. The molecule has 5 heteroatoms. The normalized spacial score (nSPS) is 12.6. The molecule has 1 aromatic heterocycles. The lowest BCUT2D eigenvalue weighted by Crippen LogP contribution is -2.29. The lowest BCUT2D eigenvalue weighted by Gasteiger charge is -2.16. The Morgan fingerprint density at radius 1 is 1.16 bits per heavy atom. The minimum atomic E-state index is 0.122. The van der Waals surface area contributed by atoms with Crippen LogP contribution in [0.15, 0.2) is 39.3 Å². The minimum Gasteiger partial charge on any atom is -0.271 e. The summed E-state index contributed by atoms with van der Waals surface area (Å²) < 4.78 is 2.11. The van der Waals surface area contributed by atoms with Crippen LogP contribution in [-0.4, -0.2) is 0 Å². The Bertz CT molecular complexity index is 534. The molecule has 0 aliphatic rings. The molecule has 0 radical (unpaired) electrons. The van der Waals surface area contributed by atoms with E-state index in [0.29, 0.717) is 0 Å².